The van der Waals surface area contributed by atoms with Gasteiger partial charge in [0.25, 0.3) is 0 Å². The molecule has 29 heavy (non-hydrogen) atoms. The second-order valence-electron chi connectivity index (χ2n) is 6.26. The van der Waals surface area contributed by atoms with Crippen LogP contribution in [0.25, 0.3) is 11.4 Å². The minimum Gasteiger partial charge on any atom is -0.315 e. The van der Waals surface area contributed by atoms with Crippen LogP contribution in [0.5, 0.6) is 0 Å². The van der Waals surface area contributed by atoms with Crippen LogP contribution < -0.4 is 4.90 Å². The minimum atomic E-state index is -0.0173. The van der Waals surface area contributed by atoms with E-state index in [0.717, 1.165) is 11.3 Å². The van der Waals surface area contributed by atoms with Gasteiger partial charge in [0, 0.05) is 35.7 Å². The Labute approximate surface area is 177 Å². The second kappa shape index (κ2) is 8.55. The van der Waals surface area contributed by atoms with Crippen molar-refractivity contribution in [3.63, 3.8) is 0 Å². The van der Waals surface area contributed by atoms with Crippen molar-refractivity contribution >= 4 is 35.0 Å². The third-order valence-electron chi connectivity index (χ3n) is 4.38. The Hall–Kier alpha value is -3.03. The first-order valence-electron chi connectivity index (χ1n) is 8.93. The topological polar surface area (TPSA) is 56.0 Å². The molecule has 0 fully saturated rings. The first-order chi connectivity index (χ1) is 14.1. The predicted molar refractivity (Wildman–Crippen MR) is 116 cm³/mol. The molecule has 0 aliphatic rings. The average Bonchev–Trinajstić information content (AvgIpc) is 3.42. The fourth-order valence-electron chi connectivity index (χ4n) is 2.82. The van der Waals surface area contributed by atoms with E-state index in [1.807, 2.05) is 88.5 Å². The number of hydrogen-bond acceptors (Lipinski definition) is 4. The predicted octanol–water partition coefficient (Wildman–Crippen LogP) is 4.47. The molecular weight excluding hydrogens is 406 g/mol. The molecule has 8 heteroatoms. The van der Waals surface area contributed by atoms with Crippen LogP contribution in [0, 0.1) is 0 Å². The standard InChI is InChI=1S/C21H18ClN5OS/c1-25(18-7-3-2-4-8-18)19(28)15-29-21-24-23-20(16-9-11-17(22)12-10-16)27(21)26-13-5-6-14-26/h2-14H,15H2,1H3. The number of nitrogens with zero attached hydrogens (tertiary/aromatic N) is 5. The third-order valence-corrected chi connectivity index (χ3v) is 5.53. The van der Waals surface area contributed by atoms with Gasteiger partial charge in [-0.1, -0.05) is 41.6 Å². The number of para-hydroxylation sites is 1. The zero-order valence-corrected chi connectivity index (χ0v) is 17.2. The summed E-state index contributed by atoms with van der Waals surface area (Å²) in [6.07, 6.45) is 3.81. The van der Waals surface area contributed by atoms with E-state index in [0.29, 0.717) is 16.0 Å². The highest BCUT2D eigenvalue weighted by atomic mass is 35.5. The van der Waals surface area contributed by atoms with Gasteiger partial charge in [0.15, 0.2) is 5.82 Å². The zero-order valence-electron chi connectivity index (χ0n) is 15.6. The summed E-state index contributed by atoms with van der Waals surface area (Å²) in [7, 11) is 1.77. The van der Waals surface area contributed by atoms with Gasteiger partial charge in [-0.25, -0.2) is 4.68 Å². The number of halogens is 1. The molecule has 4 rings (SSSR count). The van der Waals surface area contributed by atoms with Crippen molar-refractivity contribution in [3.05, 3.63) is 84.1 Å². The van der Waals surface area contributed by atoms with Crippen LogP contribution in [0.4, 0.5) is 5.69 Å². The van der Waals surface area contributed by atoms with Crippen molar-refractivity contribution < 1.29 is 4.79 Å². The second-order valence-corrected chi connectivity index (χ2v) is 7.64. The van der Waals surface area contributed by atoms with E-state index >= 15 is 0 Å². The van der Waals surface area contributed by atoms with Gasteiger partial charge in [-0.05, 0) is 48.5 Å². The van der Waals surface area contributed by atoms with Gasteiger partial charge in [0.2, 0.25) is 11.1 Å². The smallest absolute Gasteiger partial charge is 0.237 e. The van der Waals surface area contributed by atoms with Gasteiger partial charge in [-0.15, -0.1) is 10.2 Å². The molecule has 0 saturated heterocycles. The number of carbonyl (C=O) groups excluding carboxylic acids is 1. The summed E-state index contributed by atoms with van der Waals surface area (Å²) >= 11 is 7.36. The zero-order chi connectivity index (χ0) is 20.2. The quantitative estimate of drug-likeness (QED) is 0.429. The lowest BCUT2D eigenvalue weighted by molar-refractivity contribution is -0.115. The Balaban J connectivity index is 1.59. The number of benzene rings is 2. The summed E-state index contributed by atoms with van der Waals surface area (Å²) in [4.78, 5) is 14.3. The molecule has 2 heterocycles. The lowest BCUT2D eigenvalue weighted by Gasteiger charge is -2.17. The molecule has 0 atom stereocenters. The molecule has 0 aliphatic carbocycles. The number of rotatable bonds is 6. The van der Waals surface area contributed by atoms with Gasteiger partial charge >= 0.3 is 0 Å². The number of amides is 1. The van der Waals surface area contributed by atoms with Gasteiger partial charge in [-0.3, -0.25) is 9.47 Å². The summed E-state index contributed by atoms with van der Waals surface area (Å²) in [5, 5.41) is 9.97. The number of hydrogen-bond donors (Lipinski definition) is 0. The number of aromatic nitrogens is 4. The van der Waals surface area contributed by atoms with Crippen molar-refractivity contribution in [2.45, 2.75) is 5.16 Å². The molecule has 2 aromatic heterocycles. The molecule has 0 aliphatic heterocycles. The van der Waals surface area contributed by atoms with Crippen LogP contribution in [0.1, 0.15) is 0 Å². The van der Waals surface area contributed by atoms with E-state index in [4.69, 9.17) is 11.6 Å². The van der Waals surface area contributed by atoms with Gasteiger partial charge in [0.1, 0.15) is 0 Å². The molecule has 2 aromatic carbocycles. The fraction of sp³-hybridized carbons (Fsp3) is 0.0952. The molecular formula is C21H18ClN5OS. The highest BCUT2D eigenvalue weighted by Crippen LogP contribution is 2.26. The molecule has 1 amide bonds. The third kappa shape index (κ3) is 4.21. The van der Waals surface area contributed by atoms with E-state index in [2.05, 4.69) is 10.2 Å². The Kier molecular flexibility index (Phi) is 5.69. The Morgan fingerprint density at radius 1 is 1.00 bits per heavy atom. The van der Waals surface area contributed by atoms with E-state index in [1.54, 1.807) is 11.9 Å². The lowest BCUT2D eigenvalue weighted by atomic mass is 10.2. The maximum atomic E-state index is 12.7. The van der Waals surface area contributed by atoms with Crippen LogP contribution in [0.2, 0.25) is 5.02 Å². The number of thioether (sulfide) groups is 1. The first-order valence-corrected chi connectivity index (χ1v) is 10.3. The summed E-state index contributed by atoms with van der Waals surface area (Å²) in [5.74, 6) is 0.895. The lowest BCUT2D eigenvalue weighted by Crippen LogP contribution is -2.28. The molecule has 146 valence electrons. The van der Waals surface area contributed by atoms with Gasteiger partial charge in [-0.2, -0.15) is 0 Å². The van der Waals surface area contributed by atoms with E-state index in [1.165, 1.54) is 11.8 Å². The number of carbonyl (C=O) groups is 1. The molecule has 0 unspecified atom stereocenters. The summed E-state index contributed by atoms with van der Waals surface area (Å²) < 4.78 is 3.77. The van der Waals surface area contributed by atoms with Gasteiger partial charge in [0.05, 0.1) is 5.75 Å². The van der Waals surface area contributed by atoms with E-state index in [-0.39, 0.29) is 11.7 Å². The van der Waals surface area contributed by atoms with Crippen molar-refractivity contribution in [2.75, 3.05) is 17.7 Å². The molecule has 4 aromatic rings. The molecule has 0 spiro atoms. The van der Waals surface area contributed by atoms with E-state index < -0.39 is 0 Å². The molecule has 0 saturated carbocycles. The summed E-state index contributed by atoms with van der Waals surface area (Å²) in [6.45, 7) is 0. The fourth-order valence-corrected chi connectivity index (χ4v) is 3.79. The maximum Gasteiger partial charge on any atom is 0.237 e. The van der Waals surface area contributed by atoms with Gasteiger partial charge < -0.3 is 4.90 Å². The summed E-state index contributed by atoms with van der Waals surface area (Å²) in [5.41, 5.74) is 1.74. The normalized spacial score (nSPS) is 10.8. The molecule has 0 radical (unpaired) electrons. The molecule has 0 N–H and O–H groups in total. The van der Waals surface area contributed by atoms with E-state index in [9.17, 15) is 4.79 Å². The Bertz CT molecular complexity index is 1090. The average molecular weight is 424 g/mol. The van der Waals surface area contributed by atoms with Crippen molar-refractivity contribution in [1.82, 2.24) is 19.5 Å². The van der Waals surface area contributed by atoms with Crippen LogP contribution in [0.15, 0.2) is 84.3 Å². The Morgan fingerprint density at radius 3 is 2.38 bits per heavy atom. The maximum absolute atomic E-state index is 12.7. The number of anilines is 1. The monoisotopic (exact) mass is 423 g/mol. The van der Waals surface area contributed by atoms with Crippen LogP contribution in [0.3, 0.4) is 0 Å². The van der Waals surface area contributed by atoms with Crippen LogP contribution >= 0.6 is 23.4 Å². The highest BCUT2D eigenvalue weighted by molar-refractivity contribution is 7.99. The minimum absolute atomic E-state index is 0.0173. The van der Waals surface area contributed by atoms with Crippen LogP contribution in [-0.4, -0.2) is 38.3 Å². The highest BCUT2D eigenvalue weighted by Gasteiger charge is 2.18. The molecule has 6 nitrogen and oxygen atoms in total. The molecule has 0 bridgehead atoms. The van der Waals surface area contributed by atoms with Crippen molar-refractivity contribution in [1.29, 1.82) is 0 Å². The first kappa shape index (κ1) is 19.3. The van der Waals surface area contributed by atoms with Crippen molar-refractivity contribution in [2.24, 2.45) is 0 Å². The summed E-state index contributed by atoms with van der Waals surface area (Å²) in [6, 6.07) is 20.8. The van der Waals surface area contributed by atoms with Crippen molar-refractivity contribution in [3.8, 4) is 11.4 Å². The Morgan fingerprint density at radius 2 is 1.69 bits per heavy atom. The largest absolute Gasteiger partial charge is 0.315 e. The van der Waals surface area contributed by atoms with Crippen LogP contribution in [-0.2, 0) is 4.79 Å². The SMILES string of the molecule is CN(C(=O)CSc1nnc(-c2ccc(Cl)cc2)n1-n1cccc1)c1ccccc1.